The third kappa shape index (κ3) is 3.10. The second kappa shape index (κ2) is 3.41. The number of nitrogen functional groups attached to an aromatic ring is 1. The van der Waals surface area contributed by atoms with Crippen LogP contribution < -0.4 is 10.5 Å². The van der Waals surface area contributed by atoms with E-state index in [0.717, 1.165) is 6.07 Å². The van der Waals surface area contributed by atoms with Crippen LogP contribution in [0.2, 0.25) is 0 Å². The van der Waals surface area contributed by atoms with Gasteiger partial charge in [-0.2, -0.15) is 4.98 Å². The smallest absolute Gasteiger partial charge is 0.388 e. The Labute approximate surface area is 79.8 Å². The van der Waals surface area contributed by atoms with E-state index in [0.29, 0.717) is 4.47 Å². The number of hydrogen-bond donors (Lipinski definition) is 1. The Morgan fingerprint density at radius 3 is 2.46 bits per heavy atom. The number of alkyl halides is 3. The molecule has 0 aliphatic carbocycles. The number of rotatable bonds is 1. The molecule has 1 heterocycles. The zero-order chi connectivity index (χ0) is 10.1. The number of hydrogen-bond acceptors (Lipinski definition) is 3. The fourth-order valence-electron chi connectivity index (χ4n) is 0.615. The molecule has 0 saturated heterocycles. The number of ether oxygens (including phenoxy) is 1. The van der Waals surface area contributed by atoms with Gasteiger partial charge >= 0.3 is 6.36 Å². The van der Waals surface area contributed by atoms with Gasteiger partial charge in [0.1, 0.15) is 5.82 Å². The monoisotopic (exact) mass is 256 g/mol. The van der Waals surface area contributed by atoms with E-state index in [1.165, 1.54) is 6.07 Å². The second-order valence-corrected chi connectivity index (χ2v) is 2.92. The van der Waals surface area contributed by atoms with Crippen LogP contribution in [0.15, 0.2) is 16.6 Å². The molecule has 13 heavy (non-hydrogen) atoms. The topological polar surface area (TPSA) is 48.1 Å². The molecule has 0 bridgehead atoms. The van der Waals surface area contributed by atoms with E-state index in [1.807, 2.05) is 0 Å². The van der Waals surface area contributed by atoms with Crippen LogP contribution in [-0.4, -0.2) is 11.3 Å². The summed E-state index contributed by atoms with van der Waals surface area (Å²) >= 11 is 2.98. The van der Waals surface area contributed by atoms with E-state index in [9.17, 15) is 13.2 Å². The van der Waals surface area contributed by atoms with Crippen LogP contribution in [0.5, 0.6) is 5.88 Å². The summed E-state index contributed by atoms with van der Waals surface area (Å²) in [5, 5.41) is 0. The van der Waals surface area contributed by atoms with Crippen molar-refractivity contribution < 1.29 is 17.9 Å². The summed E-state index contributed by atoms with van der Waals surface area (Å²) in [7, 11) is 0. The number of aromatic nitrogens is 1. The van der Waals surface area contributed by atoms with Crippen molar-refractivity contribution >= 4 is 21.7 Å². The van der Waals surface area contributed by atoms with E-state index in [1.54, 1.807) is 0 Å². The molecule has 0 fully saturated rings. The highest BCUT2D eigenvalue weighted by Crippen LogP contribution is 2.24. The summed E-state index contributed by atoms with van der Waals surface area (Å²) in [5.41, 5.74) is 5.23. The van der Waals surface area contributed by atoms with Crippen molar-refractivity contribution in [3.63, 3.8) is 0 Å². The van der Waals surface area contributed by atoms with Gasteiger partial charge in [-0.05, 0) is 22.0 Å². The van der Waals surface area contributed by atoms with E-state index >= 15 is 0 Å². The van der Waals surface area contributed by atoms with Crippen LogP contribution in [0.25, 0.3) is 0 Å². The maximum absolute atomic E-state index is 11.7. The molecule has 3 nitrogen and oxygen atoms in total. The second-order valence-electron chi connectivity index (χ2n) is 2.06. The normalized spacial score (nSPS) is 11.4. The van der Waals surface area contributed by atoms with E-state index < -0.39 is 12.2 Å². The first-order valence-electron chi connectivity index (χ1n) is 3.06. The van der Waals surface area contributed by atoms with Crippen molar-refractivity contribution in [2.45, 2.75) is 6.36 Å². The molecular weight excluding hydrogens is 253 g/mol. The van der Waals surface area contributed by atoms with Crippen LogP contribution in [-0.2, 0) is 0 Å². The quantitative estimate of drug-likeness (QED) is 0.839. The van der Waals surface area contributed by atoms with Gasteiger partial charge in [0.2, 0.25) is 5.88 Å². The molecule has 0 radical (unpaired) electrons. The summed E-state index contributed by atoms with van der Waals surface area (Å²) in [6.45, 7) is 0. The molecule has 1 aromatic rings. The third-order valence-corrected chi connectivity index (χ3v) is 1.74. The van der Waals surface area contributed by atoms with Gasteiger partial charge < -0.3 is 10.5 Å². The Kier molecular flexibility index (Phi) is 2.65. The molecule has 72 valence electrons. The summed E-state index contributed by atoms with van der Waals surface area (Å²) in [6, 6.07) is 2.39. The van der Waals surface area contributed by atoms with Crippen LogP contribution in [0.1, 0.15) is 0 Å². The average Bonchev–Trinajstić information content (AvgIpc) is 1.94. The third-order valence-electron chi connectivity index (χ3n) is 1.07. The highest BCUT2D eigenvalue weighted by Gasteiger charge is 2.31. The predicted molar refractivity (Wildman–Crippen MR) is 43.0 cm³/mol. The highest BCUT2D eigenvalue weighted by atomic mass is 79.9. The Morgan fingerprint density at radius 2 is 2.00 bits per heavy atom. The lowest BCUT2D eigenvalue weighted by Gasteiger charge is -2.08. The Bertz CT molecular complexity index is 315. The van der Waals surface area contributed by atoms with Gasteiger partial charge in [-0.3, -0.25) is 0 Å². The molecule has 0 saturated carbocycles. The fourth-order valence-corrected chi connectivity index (χ4v) is 0.835. The van der Waals surface area contributed by atoms with Crippen LogP contribution in [0, 0.1) is 0 Å². The lowest BCUT2D eigenvalue weighted by molar-refractivity contribution is -0.276. The fraction of sp³-hybridized carbons (Fsp3) is 0.167. The first kappa shape index (κ1) is 10.1. The van der Waals surface area contributed by atoms with Gasteiger partial charge in [-0.25, -0.2) is 0 Å². The lowest BCUT2D eigenvalue weighted by Crippen LogP contribution is -2.18. The number of nitrogens with two attached hydrogens (primary N) is 1. The maximum Gasteiger partial charge on any atom is 0.574 e. The summed E-state index contributed by atoms with van der Waals surface area (Å²) in [5.74, 6) is -0.630. The van der Waals surface area contributed by atoms with Gasteiger partial charge in [0.25, 0.3) is 0 Å². The molecule has 7 heteroatoms. The van der Waals surface area contributed by atoms with E-state index in [4.69, 9.17) is 5.73 Å². The minimum Gasteiger partial charge on any atom is -0.388 e. The number of nitrogens with zero attached hydrogens (tertiary/aromatic N) is 1. The average molecular weight is 257 g/mol. The molecule has 2 N–H and O–H groups in total. The van der Waals surface area contributed by atoms with Crippen LogP contribution >= 0.6 is 15.9 Å². The van der Waals surface area contributed by atoms with Gasteiger partial charge in [-0.1, -0.05) is 0 Å². The Balaban J connectivity index is 2.86. The van der Waals surface area contributed by atoms with Crippen molar-refractivity contribution in [3.8, 4) is 5.88 Å². The molecule has 0 amide bonds. The predicted octanol–water partition coefficient (Wildman–Crippen LogP) is 2.32. The number of anilines is 1. The summed E-state index contributed by atoms with van der Waals surface area (Å²) in [6.07, 6.45) is -4.74. The zero-order valence-corrected chi connectivity index (χ0v) is 7.69. The summed E-state index contributed by atoms with van der Waals surface area (Å²) < 4.78 is 38.9. The summed E-state index contributed by atoms with van der Waals surface area (Å²) in [4.78, 5) is 3.35. The van der Waals surface area contributed by atoms with Gasteiger partial charge in [0.05, 0.1) is 4.47 Å². The zero-order valence-electron chi connectivity index (χ0n) is 6.10. The van der Waals surface area contributed by atoms with Crippen LogP contribution in [0.4, 0.5) is 19.0 Å². The molecule has 1 aromatic heterocycles. The van der Waals surface area contributed by atoms with Crippen molar-refractivity contribution in [3.05, 3.63) is 16.6 Å². The molecule has 0 unspecified atom stereocenters. The SMILES string of the molecule is Nc1nc(OC(F)(F)F)ccc1Br. The van der Waals surface area contributed by atoms with Crippen molar-refractivity contribution in [2.75, 3.05) is 5.73 Å². The molecule has 0 aliphatic heterocycles. The van der Waals surface area contributed by atoms with Gasteiger partial charge in [0, 0.05) is 6.07 Å². The lowest BCUT2D eigenvalue weighted by atomic mass is 10.4. The largest absolute Gasteiger partial charge is 0.574 e. The van der Waals surface area contributed by atoms with Crippen LogP contribution in [0.3, 0.4) is 0 Å². The maximum atomic E-state index is 11.7. The first-order valence-corrected chi connectivity index (χ1v) is 3.85. The minimum atomic E-state index is -4.74. The molecule has 0 aromatic carbocycles. The highest BCUT2D eigenvalue weighted by molar-refractivity contribution is 9.10. The Hall–Kier alpha value is -0.980. The molecular formula is C6H4BrF3N2O. The van der Waals surface area contributed by atoms with Crippen molar-refractivity contribution in [1.82, 2.24) is 4.98 Å². The molecule has 0 aliphatic rings. The Morgan fingerprint density at radius 1 is 1.38 bits per heavy atom. The minimum absolute atomic E-state index is 0.0539. The van der Waals surface area contributed by atoms with Gasteiger partial charge in [0.15, 0.2) is 0 Å². The molecule has 0 atom stereocenters. The van der Waals surface area contributed by atoms with Gasteiger partial charge in [-0.15, -0.1) is 13.2 Å². The standard InChI is InChI=1S/C6H4BrF3N2O/c7-3-1-2-4(12-5(3)11)13-6(8,9)10/h1-2H,(H2,11,12). The number of pyridine rings is 1. The van der Waals surface area contributed by atoms with Crippen molar-refractivity contribution in [1.29, 1.82) is 0 Å². The molecule has 0 spiro atoms. The number of halogens is 4. The molecule has 1 rings (SSSR count). The van der Waals surface area contributed by atoms with E-state index in [2.05, 4.69) is 25.7 Å². The van der Waals surface area contributed by atoms with E-state index in [-0.39, 0.29) is 5.82 Å². The van der Waals surface area contributed by atoms with Crippen molar-refractivity contribution in [2.24, 2.45) is 0 Å². The first-order chi connectivity index (χ1) is 5.88.